The van der Waals surface area contributed by atoms with Gasteiger partial charge in [-0.1, -0.05) is 30.3 Å². The van der Waals surface area contributed by atoms with Gasteiger partial charge in [0.1, 0.15) is 0 Å². The summed E-state index contributed by atoms with van der Waals surface area (Å²) in [5.41, 5.74) is -0.145. The Morgan fingerprint density at radius 2 is 1.88 bits per heavy atom. The lowest BCUT2D eigenvalue weighted by Gasteiger charge is -2.18. The molecule has 1 aliphatic heterocycles. The van der Waals surface area contributed by atoms with Crippen LogP contribution in [0.4, 0.5) is 13.2 Å². The average molecular weight is 339 g/mol. The van der Waals surface area contributed by atoms with Gasteiger partial charge in [-0.25, -0.2) is 0 Å². The summed E-state index contributed by atoms with van der Waals surface area (Å²) in [6, 6.07) is 10.4. The predicted molar refractivity (Wildman–Crippen MR) is 80.7 cm³/mol. The molecule has 0 radical (unpaired) electrons. The highest BCUT2D eigenvalue weighted by atomic mass is 19.4. The number of hydrogen-bond donors (Lipinski definition) is 2. The highest BCUT2D eigenvalue weighted by Gasteiger charge is 2.34. The van der Waals surface area contributed by atoms with E-state index in [1.54, 1.807) is 12.1 Å². The van der Waals surface area contributed by atoms with Crippen LogP contribution < -0.4 is 14.8 Å². The second kappa shape index (κ2) is 6.70. The zero-order valence-electron chi connectivity index (χ0n) is 12.6. The maximum absolute atomic E-state index is 13.0. The number of rotatable bonds is 5. The molecule has 0 amide bonds. The molecule has 0 saturated carbocycles. The molecule has 0 fully saturated rings. The Morgan fingerprint density at radius 3 is 2.67 bits per heavy atom. The minimum absolute atomic E-state index is 0.0163. The summed E-state index contributed by atoms with van der Waals surface area (Å²) in [5.74, 6) is 1.26. The van der Waals surface area contributed by atoms with Gasteiger partial charge in [-0.2, -0.15) is 13.2 Å². The van der Waals surface area contributed by atoms with Crippen LogP contribution in [0.5, 0.6) is 11.5 Å². The Bertz CT molecular complexity index is 718. The predicted octanol–water partition coefficient (Wildman–Crippen LogP) is 3.26. The molecule has 128 valence electrons. The van der Waals surface area contributed by atoms with Gasteiger partial charge < -0.3 is 19.9 Å². The molecule has 0 aromatic heterocycles. The maximum Gasteiger partial charge on any atom is 0.416 e. The van der Waals surface area contributed by atoms with Gasteiger partial charge in [0, 0.05) is 18.7 Å². The van der Waals surface area contributed by atoms with E-state index in [9.17, 15) is 18.3 Å². The molecule has 1 heterocycles. The summed E-state index contributed by atoms with van der Waals surface area (Å²) in [5, 5.41) is 13.1. The molecule has 0 saturated heterocycles. The molecule has 1 atom stereocenters. The normalized spacial score (nSPS) is 14.7. The first-order chi connectivity index (χ1) is 11.5. The number of alkyl halides is 3. The quantitative estimate of drug-likeness (QED) is 0.878. The number of nitrogens with one attached hydrogen (secondary N) is 1. The van der Waals surface area contributed by atoms with Crippen molar-refractivity contribution in [3.63, 3.8) is 0 Å². The largest absolute Gasteiger partial charge is 0.454 e. The van der Waals surface area contributed by atoms with Crippen molar-refractivity contribution in [3.8, 4) is 11.5 Å². The first-order valence-corrected chi connectivity index (χ1v) is 7.39. The van der Waals surface area contributed by atoms with Crippen LogP contribution in [0.25, 0.3) is 0 Å². The second-order valence-corrected chi connectivity index (χ2v) is 5.38. The summed E-state index contributed by atoms with van der Waals surface area (Å²) in [6.07, 6.45) is -5.76. The fourth-order valence-electron chi connectivity index (χ4n) is 2.63. The number of hydrogen-bond acceptors (Lipinski definition) is 4. The van der Waals surface area contributed by atoms with Crippen molar-refractivity contribution >= 4 is 0 Å². The van der Waals surface area contributed by atoms with E-state index >= 15 is 0 Å². The molecule has 2 aromatic carbocycles. The minimum Gasteiger partial charge on any atom is -0.454 e. The Hall–Kier alpha value is -2.25. The van der Waals surface area contributed by atoms with Gasteiger partial charge in [-0.15, -0.1) is 0 Å². The van der Waals surface area contributed by atoms with Crippen molar-refractivity contribution in [2.75, 3.05) is 13.3 Å². The SMILES string of the molecule is O[C@H](CNCc1cccc2c1OCO2)c1ccccc1C(F)(F)F. The van der Waals surface area contributed by atoms with Crippen molar-refractivity contribution < 1.29 is 27.8 Å². The van der Waals surface area contributed by atoms with Crippen molar-refractivity contribution in [2.45, 2.75) is 18.8 Å². The molecule has 1 aliphatic rings. The third-order valence-electron chi connectivity index (χ3n) is 3.76. The van der Waals surface area contributed by atoms with E-state index in [2.05, 4.69) is 5.32 Å². The molecule has 2 N–H and O–H groups in total. The van der Waals surface area contributed by atoms with Crippen LogP contribution >= 0.6 is 0 Å². The molecular formula is C17H16F3NO3. The zero-order chi connectivity index (χ0) is 17.2. The number of halogens is 3. The molecule has 2 aromatic rings. The molecule has 0 bridgehead atoms. The van der Waals surface area contributed by atoms with E-state index in [4.69, 9.17) is 9.47 Å². The molecular weight excluding hydrogens is 323 g/mol. The highest BCUT2D eigenvalue weighted by Crippen LogP contribution is 2.36. The minimum atomic E-state index is -4.50. The van der Waals surface area contributed by atoms with E-state index in [0.29, 0.717) is 18.0 Å². The lowest BCUT2D eigenvalue weighted by molar-refractivity contribution is -0.139. The summed E-state index contributed by atoms with van der Waals surface area (Å²) in [4.78, 5) is 0. The van der Waals surface area contributed by atoms with Crippen LogP contribution in [0.1, 0.15) is 22.8 Å². The first kappa shape index (κ1) is 16.6. The van der Waals surface area contributed by atoms with E-state index in [-0.39, 0.29) is 18.9 Å². The van der Waals surface area contributed by atoms with Gasteiger partial charge in [0.15, 0.2) is 11.5 Å². The smallest absolute Gasteiger partial charge is 0.416 e. The average Bonchev–Trinajstić information content (AvgIpc) is 3.03. The zero-order valence-corrected chi connectivity index (χ0v) is 12.6. The Labute approximate surface area is 136 Å². The molecule has 4 nitrogen and oxygen atoms in total. The van der Waals surface area contributed by atoms with Crippen LogP contribution in [-0.2, 0) is 12.7 Å². The third-order valence-corrected chi connectivity index (χ3v) is 3.76. The summed E-state index contributed by atoms with van der Waals surface area (Å²) in [6.45, 7) is 0.476. The number of fused-ring (bicyclic) bond motifs is 1. The molecule has 24 heavy (non-hydrogen) atoms. The Balaban J connectivity index is 1.65. The lowest BCUT2D eigenvalue weighted by atomic mass is 10.0. The van der Waals surface area contributed by atoms with Crippen LogP contribution in [0.2, 0.25) is 0 Å². The fraction of sp³-hybridized carbons (Fsp3) is 0.294. The highest BCUT2D eigenvalue weighted by molar-refractivity contribution is 5.48. The van der Waals surface area contributed by atoms with Crippen molar-refractivity contribution in [1.29, 1.82) is 0 Å². The third kappa shape index (κ3) is 3.47. The number of aliphatic hydroxyl groups excluding tert-OH is 1. The van der Waals surface area contributed by atoms with Crippen molar-refractivity contribution in [3.05, 3.63) is 59.2 Å². The molecule has 3 rings (SSSR count). The van der Waals surface area contributed by atoms with Gasteiger partial charge >= 0.3 is 6.18 Å². The van der Waals surface area contributed by atoms with Crippen LogP contribution in [-0.4, -0.2) is 18.4 Å². The van der Waals surface area contributed by atoms with Gasteiger partial charge in [0.05, 0.1) is 11.7 Å². The summed E-state index contributed by atoms with van der Waals surface area (Å²) >= 11 is 0. The van der Waals surface area contributed by atoms with E-state index in [1.165, 1.54) is 18.2 Å². The lowest BCUT2D eigenvalue weighted by Crippen LogP contribution is -2.23. The standard InChI is InChI=1S/C17H16F3NO3/c18-17(19,20)13-6-2-1-5-12(13)14(22)9-21-8-11-4-3-7-15-16(11)24-10-23-15/h1-7,14,21-22H,8-10H2/t14-/m1/s1. The number of aliphatic hydroxyl groups is 1. The van der Waals surface area contributed by atoms with Crippen molar-refractivity contribution in [1.82, 2.24) is 5.32 Å². The molecule has 0 spiro atoms. The van der Waals surface area contributed by atoms with Gasteiger partial charge in [0.25, 0.3) is 0 Å². The number of para-hydroxylation sites is 1. The van der Waals surface area contributed by atoms with E-state index < -0.39 is 17.8 Å². The maximum atomic E-state index is 13.0. The molecule has 0 aliphatic carbocycles. The van der Waals surface area contributed by atoms with E-state index in [0.717, 1.165) is 11.6 Å². The van der Waals surface area contributed by atoms with Gasteiger partial charge in [0.2, 0.25) is 6.79 Å². The van der Waals surface area contributed by atoms with Gasteiger partial charge in [-0.05, 0) is 17.7 Å². The Morgan fingerprint density at radius 1 is 1.08 bits per heavy atom. The first-order valence-electron chi connectivity index (χ1n) is 7.39. The monoisotopic (exact) mass is 339 g/mol. The summed E-state index contributed by atoms with van der Waals surface area (Å²) in [7, 11) is 0. The van der Waals surface area contributed by atoms with Gasteiger partial charge in [-0.3, -0.25) is 0 Å². The number of ether oxygens (including phenoxy) is 2. The van der Waals surface area contributed by atoms with E-state index in [1.807, 2.05) is 6.07 Å². The fourth-order valence-corrected chi connectivity index (χ4v) is 2.63. The second-order valence-electron chi connectivity index (χ2n) is 5.38. The molecule has 0 unspecified atom stereocenters. The topological polar surface area (TPSA) is 50.7 Å². The van der Waals surface area contributed by atoms with Crippen LogP contribution in [0.3, 0.4) is 0 Å². The summed E-state index contributed by atoms with van der Waals surface area (Å²) < 4.78 is 49.6. The number of benzene rings is 2. The van der Waals surface area contributed by atoms with Crippen LogP contribution in [0, 0.1) is 0 Å². The van der Waals surface area contributed by atoms with Crippen LogP contribution in [0.15, 0.2) is 42.5 Å². The Kier molecular flexibility index (Phi) is 4.64. The van der Waals surface area contributed by atoms with Crippen molar-refractivity contribution in [2.24, 2.45) is 0 Å². The molecule has 7 heteroatoms.